The summed E-state index contributed by atoms with van der Waals surface area (Å²) in [5.74, 6) is 0.502. The molecule has 1 aliphatic rings. The molecule has 0 saturated carbocycles. The van der Waals surface area contributed by atoms with Crippen LogP contribution in [0.5, 0.6) is 11.5 Å². The standard InChI is InChI=1S/C20H24N2O5S/c1-4-28(24,25)22(17-9-10-18-19(11-17)27-13-26-18)12-20(23)21-15(3)16-7-5-14(2)6-8-16/h5-11,15H,4,12-13H2,1-3H3,(H,21,23)/t15-/m1/s1. The number of rotatable bonds is 7. The molecule has 3 rings (SSSR count). The number of nitrogens with one attached hydrogen (secondary N) is 1. The lowest BCUT2D eigenvalue weighted by atomic mass is 10.1. The molecule has 0 bridgehead atoms. The van der Waals surface area contributed by atoms with Crippen molar-refractivity contribution in [2.45, 2.75) is 26.8 Å². The van der Waals surface area contributed by atoms with E-state index >= 15 is 0 Å². The summed E-state index contributed by atoms with van der Waals surface area (Å²) in [5, 5.41) is 2.86. The Balaban J connectivity index is 1.78. The average Bonchev–Trinajstić information content (AvgIpc) is 3.14. The maximum absolute atomic E-state index is 12.6. The monoisotopic (exact) mass is 404 g/mol. The van der Waals surface area contributed by atoms with Crippen LogP contribution < -0.4 is 19.1 Å². The number of sulfonamides is 1. The Morgan fingerprint density at radius 1 is 1.14 bits per heavy atom. The summed E-state index contributed by atoms with van der Waals surface area (Å²) in [6.45, 7) is 5.18. The minimum absolute atomic E-state index is 0.0911. The summed E-state index contributed by atoms with van der Waals surface area (Å²) in [7, 11) is -3.66. The Kier molecular flexibility index (Phi) is 5.79. The SMILES string of the molecule is CCS(=O)(=O)N(CC(=O)N[C@H](C)c1ccc(C)cc1)c1ccc2c(c1)OCO2. The van der Waals surface area contributed by atoms with Gasteiger partial charge in [-0.1, -0.05) is 29.8 Å². The fraction of sp³-hybridized carbons (Fsp3) is 0.350. The van der Waals surface area contributed by atoms with Gasteiger partial charge >= 0.3 is 0 Å². The number of hydrogen-bond acceptors (Lipinski definition) is 5. The van der Waals surface area contributed by atoms with E-state index in [-0.39, 0.29) is 31.0 Å². The fourth-order valence-corrected chi connectivity index (χ4v) is 3.96. The quantitative estimate of drug-likeness (QED) is 0.767. The molecule has 0 aromatic heterocycles. The molecule has 1 aliphatic heterocycles. The second-order valence-electron chi connectivity index (χ2n) is 6.64. The van der Waals surface area contributed by atoms with E-state index in [0.717, 1.165) is 15.4 Å². The molecule has 8 heteroatoms. The Labute approximate surface area is 165 Å². The van der Waals surface area contributed by atoms with Crippen LogP contribution in [0.4, 0.5) is 5.69 Å². The second kappa shape index (κ2) is 8.10. The maximum atomic E-state index is 12.6. The lowest BCUT2D eigenvalue weighted by molar-refractivity contribution is -0.120. The zero-order chi connectivity index (χ0) is 20.3. The van der Waals surface area contributed by atoms with Crippen molar-refractivity contribution >= 4 is 21.6 Å². The molecule has 1 heterocycles. The summed E-state index contributed by atoms with van der Waals surface area (Å²) in [5.41, 5.74) is 2.45. The van der Waals surface area contributed by atoms with E-state index in [1.165, 1.54) is 0 Å². The van der Waals surface area contributed by atoms with Gasteiger partial charge in [0.1, 0.15) is 6.54 Å². The molecule has 2 aromatic rings. The molecular weight excluding hydrogens is 380 g/mol. The van der Waals surface area contributed by atoms with E-state index in [0.29, 0.717) is 17.2 Å². The van der Waals surface area contributed by atoms with E-state index in [1.54, 1.807) is 25.1 Å². The Morgan fingerprint density at radius 3 is 2.50 bits per heavy atom. The predicted molar refractivity (Wildman–Crippen MR) is 107 cm³/mol. The molecule has 7 nitrogen and oxygen atoms in total. The van der Waals surface area contributed by atoms with Crippen molar-refractivity contribution in [1.82, 2.24) is 5.32 Å². The predicted octanol–water partition coefficient (Wildman–Crippen LogP) is 2.76. The lowest BCUT2D eigenvalue weighted by Crippen LogP contribution is -2.42. The van der Waals surface area contributed by atoms with Crippen LogP contribution in [-0.2, 0) is 14.8 Å². The van der Waals surface area contributed by atoms with Crippen molar-refractivity contribution < 1.29 is 22.7 Å². The normalized spacial score (nSPS) is 13.8. The first-order chi connectivity index (χ1) is 13.3. The van der Waals surface area contributed by atoms with Gasteiger partial charge in [0.2, 0.25) is 22.7 Å². The highest BCUT2D eigenvalue weighted by atomic mass is 32.2. The number of nitrogens with zero attached hydrogens (tertiary/aromatic N) is 1. The number of carbonyl (C=O) groups is 1. The number of hydrogen-bond donors (Lipinski definition) is 1. The van der Waals surface area contributed by atoms with E-state index in [9.17, 15) is 13.2 Å². The maximum Gasteiger partial charge on any atom is 0.241 e. The number of aryl methyl sites for hydroxylation is 1. The topological polar surface area (TPSA) is 84.9 Å². The molecule has 0 fully saturated rings. The Hall–Kier alpha value is -2.74. The highest BCUT2D eigenvalue weighted by Crippen LogP contribution is 2.36. The fourth-order valence-electron chi connectivity index (χ4n) is 2.90. The number of ether oxygens (including phenoxy) is 2. The van der Waals surface area contributed by atoms with Gasteiger partial charge in [-0.25, -0.2) is 8.42 Å². The minimum Gasteiger partial charge on any atom is -0.454 e. The minimum atomic E-state index is -3.66. The van der Waals surface area contributed by atoms with E-state index in [4.69, 9.17) is 9.47 Å². The van der Waals surface area contributed by atoms with Gasteiger partial charge in [-0.3, -0.25) is 9.10 Å². The number of fused-ring (bicyclic) bond motifs is 1. The van der Waals surface area contributed by atoms with Gasteiger partial charge < -0.3 is 14.8 Å². The van der Waals surface area contributed by atoms with Crippen molar-refractivity contribution in [2.24, 2.45) is 0 Å². The third kappa shape index (κ3) is 4.39. The van der Waals surface area contributed by atoms with Gasteiger partial charge in [0.05, 0.1) is 17.5 Å². The third-order valence-corrected chi connectivity index (χ3v) is 6.33. The van der Waals surface area contributed by atoms with Crippen LogP contribution in [0.2, 0.25) is 0 Å². The van der Waals surface area contributed by atoms with Crippen LogP contribution in [0.25, 0.3) is 0 Å². The highest BCUT2D eigenvalue weighted by Gasteiger charge is 2.26. The third-order valence-electron chi connectivity index (χ3n) is 4.59. The van der Waals surface area contributed by atoms with E-state index in [2.05, 4.69) is 5.32 Å². The lowest BCUT2D eigenvalue weighted by Gasteiger charge is -2.24. The Bertz CT molecular complexity index is 957. The summed E-state index contributed by atoms with van der Waals surface area (Å²) >= 11 is 0. The number of anilines is 1. The van der Waals surface area contributed by atoms with Crippen LogP contribution in [0, 0.1) is 6.92 Å². The van der Waals surface area contributed by atoms with Crippen LogP contribution in [-0.4, -0.2) is 33.4 Å². The van der Waals surface area contributed by atoms with Crippen molar-refractivity contribution in [3.63, 3.8) is 0 Å². The van der Waals surface area contributed by atoms with Gasteiger partial charge in [0.15, 0.2) is 11.5 Å². The Morgan fingerprint density at radius 2 is 1.82 bits per heavy atom. The molecule has 1 amide bonds. The number of benzene rings is 2. The van der Waals surface area contributed by atoms with Crippen molar-refractivity contribution in [3.8, 4) is 11.5 Å². The molecule has 150 valence electrons. The van der Waals surface area contributed by atoms with Crippen LogP contribution in [0.15, 0.2) is 42.5 Å². The van der Waals surface area contributed by atoms with Crippen LogP contribution in [0.3, 0.4) is 0 Å². The van der Waals surface area contributed by atoms with E-state index < -0.39 is 10.0 Å². The summed E-state index contributed by atoms with van der Waals surface area (Å²) in [6, 6.07) is 12.4. The first-order valence-corrected chi connectivity index (χ1v) is 10.7. The first-order valence-electron chi connectivity index (χ1n) is 9.06. The average molecular weight is 404 g/mol. The van der Waals surface area contributed by atoms with Gasteiger partial charge in [-0.2, -0.15) is 0 Å². The van der Waals surface area contributed by atoms with Crippen molar-refractivity contribution in [3.05, 3.63) is 53.6 Å². The molecule has 1 atom stereocenters. The second-order valence-corrected chi connectivity index (χ2v) is 8.83. The largest absolute Gasteiger partial charge is 0.454 e. The molecule has 2 aromatic carbocycles. The summed E-state index contributed by atoms with van der Waals surface area (Å²) in [4.78, 5) is 12.6. The van der Waals surface area contributed by atoms with Gasteiger partial charge in [0, 0.05) is 6.07 Å². The molecule has 0 aliphatic carbocycles. The summed E-state index contributed by atoms with van der Waals surface area (Å²) in [6.07, 6.45) is 0. The van der Waals surface area contributed by atoms with Crippen molar-refractivity contribution in [1.29, 1.82) is 0 Å². The summed E-state index contributed by atoms with van der Waals surface area (Å²) < 4.78 is 36.9. The highest BCUT2D eigenvalue weighted by molar-refractivity contribution is 7.92. The number of amides is 1. The molecule has 1 N–H and O–H groups in total. The molecule has 0 unspecified atom stereocenters. The van der Waals surface area contributed by atoms with Crippen LogP contribution >= 0.6 is 0 Å². The zero-order valence-corrected chi connectivity index (χ0v) is 17.0. The van der Waals surface area contributed by atoms with E-state index in [1.807, 2.05) is 38.1 Å². The van der Waals surface area contributed by atoms with Gasteiger partial charge in [-0.15, -0.1) is 0 Å². The first kappa shape index (κ1) is 20.0. The molecule has 28 heavy (non-hydrogen) atoms. The molecular formula is C20H24N2O5S. The van der Waals surface area contributed by atoms with Gasteiger partial charge in [0.25, 0.3) is 0 Å². The van der Waals surface area contributed by atoms with Gasteiger partial charge in [-0.05, 0) is 38.5 Å². The molecule has 0 spiro atoms. The smallest absolute Gasteiger partial charge is 0.241 e. The van der Waals surface area contributed by atoms with Crippen LogP contribution in [0.1, 0.15) is 31.0 Å². The van der Waals surface area contributed by atoms with Crippen molar-refractivity contribution in [2.75, 3.05) is 23.4 Å². The molecule has 0 saturated heterocycles. The molecule has 0 radical (unpaired) electrons. The zero-order valence-electron chi connectivity index (χ0n) is 16.1. The number of carbonyl (C=O) groups excluding carboxylic acids is 1.